The highest BCUT2D eigenvalue weighted by molar-refractivity contribution is 4.85. The molecule has 0 spiro atoms. The van der Waals surface area contributed by atoms with Crippen molar-refractivity contribution in [2.75, 3.05) is 26.4 Å². The molecular formula is C16H35NO2. The third kappa shape index (κ3) is 9.42. The molecule has 0 rings (SSSR count). The van der Waals surface area contributed by atoms with Gasteiger partial charge in [0.1, 0.15) is 0 Å². The molecular weight excluding hydrogens is 238 g/mol. The van der Waals surface area contributed by atoms with Crippen LogP contribution in [0.15, 0.2) is 0 Å². The van der Waals surface area contributed by atoms with Gasteiger partial charge in [-0.1, -0.05) is 40.0 Å². The molecule has 0 fully saturated rings. The van der Waals surface area contributed by atoms with E-state index in [0.29, 0.717) is 0 Å². The molecule has 0 bridgehead atoms. The van der Waals surface area contributed by atoms with Crippen LogP contribution in [-0.4, -0.2) is 37.0 Å². The Bertz CT molecular complexity index is 182. The van der Waals surface area contributed by atoms with Crippen molar-refractivity contribution >= 4 is 0 Å². The molecule has 3 nitrogen and oxygen atoms in total. The maximum atomic E-state index is 9.60. The van der Waals surface area contributed by atoms with Crippen molar-refractivity contribution in [1.82, 2.24) is 5.32 Å². The number of rotatable bonds is 14. The molecule has 0 saturated heterocycles. The molecule has 0 aliphatic carbocycles. The summed E-state index contributed by atoms with van der Waals surface area (Å²) in [4.78, 5) is 0. The Labute approximate surface area is 120 Å². The lowest BCUT2D eigenvalue weighted by molar-refractivity contribution is 0.101. The summed E-state index contributed by atoms with van der Waals surface area (Å²) in [7, 11) is 0. The minimum Gasteiger partial charge on any atom is -0.394 e. The van der Waals surface area contributed by atoms with Gasteiger partial charge in [-0.05, 0) is 38.6 Å². The lowest BCUT2D eigenvalue weighted by Crippen LogP contribution is -2.48. The van der Waals surface area contributed by atoms with Gasteiger partial charge in [-0.3, -0.25) is 0 Å². The Kier molecular flexibility index (Phi) is 12.8. The van der Waals surface area contributed by atoms with Crippen LogP contribution >= 0.6 is 0 Å². The second-order valence-corrected chi connectivity index (χ2v) is 5.50. The number of hydrogen-bond donors (Lipinski definition) is 2. The zero-order valence-electron chi connectivity index (χ0n) is 13.3. The van der Waals surface area contributed by atoms with Gasteiger partial charge < -0.3 is 15.2 Å². The normalized spacial score (nSPS) is 14.5. The zero-order valence-corrected chi connectivity index (χ0v) is 13.3. The van der Waals surface area contributed by atoms with Crippen molar-refractivity contribution in [2.45, 2.75) is 77.7 Å². The summed E-state index contributed by atoms with van der Waals surface area (Å²) in [5, 5.41) is 13.1. The Morgan fingerprint density at radius 2 is 1.68 bits per heavy atom. The van der Waals surface area contributed by atoms with Crippen molar-refractivity contribution in [2.24, 2.45) is 0 Å². The molecule has 0 aliphatic rings. The molecule has 0 heterocycles. The van der Waals surface area contributed by atoms with Gasteiger partial charge in [0.25, 0.3) is 0 Å². The van der Waals surface area contributed by atoms with E-state index in [4.69, 9.17) is 4.74 Å². The number of unbranched alkanes of at least 4 members (excludes halogenated alkanes) is 3. The largest absolute Gasteiger partial charge is 0.394 e. The van der Waals surface area contributed by atoms with Gasteiger partial charge in [-0.2, -0.15) is 0 Å². The summed E-state index contributed by atoms with van der Waals surface area (Å²) < 4.78 is 5.66. The predicted octanol–water partition coefficient (Wildman–Crippen LogP) is 3.50. The van der Waals surface area contributed by atoms with Crippen LogP contribution in [0, 0.1) is 0 Å². The molecule has 0 aromatic rings. The summed E-state index contributed by atoms with van der Waals surface area (Å²) in [5.74, 6) is 0. The first kappa shape index (κ1) is 18.9. The van der Waals surface area contributed by atoms with E-state index in [2.05, 4.69) is 26.1 Å². The van der Waals surface area contributed by atoms with E-state index < -0.39 is 0 Å². The lowest BCUT2D eigenvalue weighted by atomic mass is 9.91. The monoisotopic (exact) mass is 273 g/mol. The molecule has 0 amide bonds. The maximum Gasteiger partial charge on any atom is 0.0613 e. The number of aliphatic hydroxyl groups excluding tert-OH is 1. The van der Waals surface area contributed by atoms with Gasteiger partial charge in [0.05, 0.1) is 6.61 Å². The highest BCUT2D eigenvalue weighted by atomic mass is 16.5. The summed E-state index contributed by atoms with van der Waals surface area (Å²) >= 11 is 0. The lowest BCUT2D eigenvalue weighted by Gasteiger charge is -2.32. The SMILES string of the molecule is CCCCCCOCCCC(CC)(CO)NCCC. The Morgan fingerprint density at radius 3 is 2.26 bits per heavy atom. The Hall–Kier alpha value is -0.120. The first-order valence-corrected chi connectivity index (χ1v) is 8.18. The maximum absolute atomic E-state index is 9.60. The van der Waals surface area contributed by atoms with E-state index in [1.807, 2.05) is 0 Å². The van der Waals surface area contributed by atoms with Gasteiger partial charge in [0.15, 0.2) is 0 Å². The van der Waals surface area contributed by atoms with Crippen LogP contribution in [0.25, 0.3) is 0 Å². The van der Waals surface area contributed by atoms with Crippen molar-refractivity contribution in [1.29, 1.82) is 0 Å². The van der Waals surface area contributed by atoms with Crippen molar-refractivity contribution in [3.05, 3.63) is 0 Å². The average molecular weight is 273 g/mol. The van der Waals surface area contributed by atoms with E-state index in [9.17, 15) is 5.11 Å². The highest BCUT2D eigenvalue weighted by Crippen LogP contribution is 2.17. The first-order valence-electron chi connectivity index (χ1n) is 8.18. The van der Waals surface area contributed by atoms with Crippen LogP contribution in [0.1, 0.15) is 72.1 Å². The minimum absolute atomic E-state index is 0.0957. The molecule has 0 aliphatic heterocycles. The van der Waals surface area contributed by atoms with Crippen LogP contribution in [0.4, 0.5) is 0 Å². The molecule has 1 unspecified atom stereocenters. The van der Waals surface area contributed by atoms with Crippen LogP contribution in [0.2, 0.25) is 0 Å². The topological polar surface area (TPSA) is 41.5 Å². The van der Waals surface area contributed by atoms with Crippen LogP contribution in [0.5, 0.6) is 0 Å². The predicted molar refractivity (Wildman–Crippen MR) is 82.6 cm³/mol. The molecule has 0 aromatic heterocycles. The fourth-order valence-corrected chi connectivity index (χ4v) is 2.27. The quantitative estimate of drug-likeness (QED) is 0.476. The molecule has 3 heteroatoms. The van der Waals surface area contributed by atoms with Gasteiger partial charge in [-0.15, -0.1) is 0 Å². The molecule has 116 valence electrons. The molecule has 0 aromatic carbocycles. The summed E-state index contributed by atoms with van der Waals surface area (Å²) in [6.45, 7) is 9.44. The van der Waals surface area contributed by atoms with Gasteiger partial charge in [0, 0.05) is 18.8 Å². The number of ether oxygens (including phenoxy) is 1. The third-order valence-electron chi connectivity index (χ3n) is 3.82. The van der Waals surface area contributed by atoms with Gasteiger partial charge >= 0.3 is 0 Å². The molecule has 19 heavy (non-hydrogen) atoms. The second-order valence-electron chi connectivity index (χ2n) is 5.50. The molecule has 2 N–H and O–H groups in total. The van der Waals surface area contributed by atoms with E-state index in [1.54, 1.807) is 0 Å². The van der Waals surface area contributed by atoms with Gasteiger partial charge in [-0.25, -0.2) is 0 Å². The van der Waals surface area contributed by atoms with Gasteiger partial charge in [0.2, 0.25) is 0 Å². The summed E-state index contributed by atoms with van der Waals surface area (Å²) in [6.07, 6.45) is 9.15. The summed E-state index contributed by atoms with van der Waals surface area (Å²) in [6, 6.07) is 0. The number of aliphatic hydroxyl groups is 1. The van der Waals surface area contributed by atoms with E-state index >= 15 is 0 Å². The first-order chi connectivity index (χ1) is 9.24. The standard InChI is InChI=1S/C16H35NO2/c1-4-7-8-9-13-19-14-10-11-16(6-3,15-18)17-12-5-2/h17-18H,4-15H2,1-3H3. The molecule has 0 radical (unpaired) electrons. The average Bonchev–Trinajstić information content (AvgIpc) is 2.45. The van der Waals surface area contributed by atoms with Crippen LogP contribution in [0.3, 0.4) is 0 Å². The second kappa shape index (κ2) is 12.9. The third-order valence-corrected chi connectivity index (χ3v) is 3.82. The summed E-state index contributed by atoms with van der Waals surface area (Å²) in [5.41, 5.74) is -0.0957. The Balaban J connectivity index is 3.63. The van der Waals surface area contributed by atoms with E-state index in [-0.39, 0.29) is 12.1 Å². The Morgan fingerprint density at radius 1 is 0.947 bits per heavy atom. The fourth-order valence-electron chi connectivity index (χ4n) is 2.27. The number of hydrogen-bond acceptors (Lipinski definition) is 3. The number of nitrogens with one attached hydrogen (secondary N) is 1. The zero-order chi connectivity index (χ0) is 14.4. The van der Waals surface area contributed by atoms with Crippen molar-refractivity contribution in [3.8, 4) is 0 Å². The molecule has 0 saturated carbocycles. The van der Waals surface area contributed by atoms with Crippen LogP contribution < -0.4 is 5.32 Å². The fraction of sp³-hybridized carbons (Fsp3) is 1.00. The van der Waals surface area contributed by atoms with Crippen molar-refractivity contribution < 1.29 is 9.84 Å². The van der Waals surface area contributed by atoms with Crippen molar-refractivity contribution in [3.63, 3.8) is 0 Å². The van der Waals surface area contributed by atoms with Crippen LogP contribution in [-0.2, 0) is 4.74 Å². The smallest absolute Gasteiger partial charge is 0.0613 e. The van der Waals surface area contributed by atoms with E-state index in [0.717, 1.165) is 45.4 Å². The molecule has 1 atom stereocenters. The van der Waals surface area contributed by atoms with E-state index in [1.165, 1.54) is 25.7 Å². The highest BCUT2D eigenvalue weighted by Gasteiger charge is 2.25. The minimum atomic E-state index is -0.0957.